The molecule has 0 radical (unpaired) electrons. The van der Waals surface area contributed by atoms with Crippen LogP contribution in [-0.4, -0.2) is 98.6 Å². The summed E-state index contributed by atoms with van der Waals surface area (Å²) in [6.45, 7) is 15.8. The van der Waals surface area contributed by atoms with Gasteiger partial charge in [0.05, 0.1) is 25.4 Å². The molecule has 2 atom stereocenters. The van der Waals surface area contributed by atoms with E-state index in [2.05, 4.69) is 39.3 Å². The van der Waals surface area contributed by atoms with Crippen molar-refractivity contribution in [3.63, 3.8) is 0 Å². The van der Waals surface area contributed by atoms with Gasteiger partial charge in [0.1, 0.15) is 0 Å². The quantitative estimate of drug-likeness (QED) is 0.251. The highest BCUT2D eigenvalue weighted by molar-refractivity contribution is 14.0. The van der Waals surface area contributed by atoms with E-state index in [4.69, 9.17) is 4.74 Å². The second kappa shape index (κ2) is 13.1. The number of halogens is 1. The van der Waals surface area contributed by atoms with Gasteiger partial charge < -0.3 is 25.4 Å². The molecular formula is C19H40IN5O2. The van der Waals surface area contributed by atoms with Crippen LogP contribution in [0.15, 0.2) is 4.99 Å². The summed E-state index contributed by atoms with van der Waals surface area (Å²) in [5.74, 6) is 1.49. The van der Waals surface area contributed by atoms with E-state index in [1.165, 1.54) is 32.5 Å². The first-order valence-corrected chi connectivity index (χ1v) is 10.3. The SMILES string of the molecule is CCCN1CCC(CNC(=NCC(C)(O)CN2CCOCC2)NCC)C1.I. The summed E-state index contributed by atoms with van der Waals surface area (Å²) in [5, 5.41) is 17.5. The Hall–Kier alpha value is -0.160. The number of likely N-dealkylation sites (tertiary alicyclic amines) is 1. The molecule has 0 bridgehead atoms. The minimum Gasteiger partial charge on any atom is -0.387 e. The fourth-order valence-electron chi connectivity index (χ4n) is 3.72. The molecule has 0 aromatic heterocycles. The zero-order valence-electron chi connectivity index (χ0n) is 17.4. The molecule has 2 aliphatic heterocycles. The highest BCUT2D eigenvalue weighted by Crippen LogP contribution is 2.15. The van der Waals surface area contributed by atoms with Gasteiger partial charge >= 0.3 is 0 Å². The number of hydrogen-bond donors (Lipinski definition) is 3. The van der Waals surface area contributed by atoms with Gasteiger partial charge in [0.2, 0.25) is 0 Å². The van der Waals surface area contributed by atoms with Crippen LogP contribution >= 0.6 is 24.0 Å². The molecule has 27 heavy (non-hydrogen) atoms. The molecule has 0 aromatic carbocycles. The van der Waals surface area contributed by atoms with Gasteiger partial charge in [-0.1, -0.05) is 6.92 Å². The van der Waals surface area contributed by atoms with Crippen molar-refractivity contribution in [2.24, 2.45) is 10.9 Å². The molecule has 2 saturated heterocycles. The first-order chi connectivity index (χ1) is 12.5. The van der Waals surface area contributed by atoms with Crippen LogP contribution in [0.25, 0.3) is 0 Å². The van der Waals surface area contributed by atoms with Gasteiger partial charge in [0.15, 0.2) is 5.96 Å². The lowest BCUT2D eigenvalue weighted by atomic mass is 10.1. The van der Waals surface area contributed by atoms with Gasteiger partial charge in [-0.25, -0.2) is 0 Å². The predicted octanol–water partition coefficient (Wildman–Crippen LogP) is 0.975. The predicted molar refractivity (Wildman–Crippen MR) is 122 cm³/mol. The van der Waals surface area contributed by atoms with Crippen molar-refractivity contribution in [3.8, 4) is 0 Å². The van der Waals surface area contributed by atoms with Crippen molar-refractivity contribution in [1.29, 1.82) is 0 Å². The Labute approximate surface area is 182 Å². The molecule has 0 spiro atoms. The molecule has 0 aliphatic carbocycles. The summed E-state index contributed by atoms with van der Waals surface area (Å²) < 4.78 is 5.37. The van der Waals surface area contributed by atoms with E-state index in [0.29, 0.717) is 19.0 Å². The lowest BCUT2D eigenvalue weighted by Crippen LogP contribution is -2.48. The third kappa shape index (κ3) is 9.74. The molecule has 2 rings (SSSR count). The van der Waals surface area contributed by atoms with E-state index >= 15 is 0 Å². The number of rotatable bonds is 9. The van der Waals surface area contributed by atoms with Crippen molar-refractivity contribution in [2.75, 3.05) is 72.1 Å². The van der Waals surface area contributed by atoms with E-state index in [-0.39, 0.29) is 24.0 Å². The summed E-state index contributed by atoms with van der Waals surface area (Å²) >= 11 is 0. The normalized spacial score (nSPS) is 24.3. The second-order valence-electron chi connectivity index (χ2n) is 7.92. The molecule has 2 aliphatic rings. The van der Waals surface area contributed by atoms with Gasteiger partial charge in [0.25, 0.3) is 0 Å². The van der Waals surface area contributed by atoms with Gasteiger partial charge in [-0.05, 0) is 45.7 Å². The Balaban J connectivity index is 0.00000364. The standard InChI is InChI=1S/C19H39N5O2.HI/c1-4-7-23-8-6-17(14-23)13-21-18(20-5-2)22-15-19(3,25)16-24-9-11-26-12-10-24;/h17,25H,4-16H2,1-3H3,(H2,20,21,22);1H. The van der Waals surface area contributed by atoms with E-state index in [1.807, 2.05) is 6.92 Å². The number of ether oxygens (including phenoxy) is 1. The summed E-state index contributed by atoms with van der Waals surface area (Å²) in [4.78, 5) is 9.44. The van der Waals surface area contributed by atoms with Crippen molar-refractivity contribution >= 4 is 29.9 Å². The van der Waals surface area contributed by atoms with Gasteiger partial charge in [-0.3, -0.25) is 9.89 Å². The van der Waals surface area contributed by atoms with Gasteiger partial charge in [0, 0.05) is 39.3 Å². The average molecular weight is 497 g/mol. The van der Waals surface area contributed by atoms with E-state index in [9.17, 15) is 5.11 Å². The second-order valence-corrected chi connectivity index (χ2v) is 7.92. The summed E-state index contributed by atoms with van der Waals surface area (Å²) in [6, 6.07) is 0. The zero-order chi connectivity index (χ0) is 18.8. The minimum atomic E-state index is -0.828. The summed E-state index contributed by atoms with van der Waals surface area (Å²) in [5.41, 5.74) is -0.828. The number of nitrogens with one attached hydrogen (secondary N) is 2. The molecule has 2 unspecified atom stereocenters. The number of morpholine rings is 1. The number of aliphatic hydroxyl groups is 1. The highest BCUT2D eigenvalue weighted by atomic mass is 127. The Morgan fingerprint density at radius 2 is 1.93 bits per heavy atom. The molecule has 0 amide bonds. The Morgan fingerprint density at radius 3 is 2.59 bits per heavy atom. The van der Waals surface area contributed by atoms with Crippen molar-refractivity contribution < 1.29 is 9.84 Å². The largest absolute Gasteiger partial charge is 0.387 e. The van der Waals surface area contributed by atoms with Crippen molar-refractivity contribution in [3.05, 3.63) is 0 Å². The number of β-amino-alcohol motifs (C(OH)–C–C–N with tert-alkyl or cyclic N) is 1. The maximum absolute atomic E-state index is 10.7. The number of hydrogen-bond acceptors (Lipinski definition) is 5. The monoisotopic (exact) mass is 497 g/mol. The fourth-order valence-corrected chi connectivity index (χ4v) is 3.72. The van der Waals surface area contributed by atoms with Crippen LogP contribution in [0.3, 0.4) is 0 Å². The number of aliphatic imine (C=N–C) groups is 1. The molecular weight excluding hydrogens is 457 g/mol. The van der Waals surface area contributed by atoms with E-state index in [1.54, 1.807) is 0 Å². The van der Waals surface area contributed by atoms with Crippen LogP contribution in [-0.2, 0) is 4.74 Å². The minimum absolute atomic E-state index is 0. The number of guanidine groups is 1. The lowest BCUT2D eigenvalue weighted by molar-refractivity contribution is -0.0180. The summed E-state index contributed by atoms with van der Waals surface area (Å²) in [6.07, 6.45) is 2.48. The molecule has 2 heterocycles. The first kappa shape index (κ1) is 24.9. The Bertz CT molecular complexity index is 430. The van der Waals surface area contributed by atoms with Crippen LogP contribution in [0.1, 0.15) is 33.6 Å². The van der Waals surface area contributed by atoms with Crippen LogP contribution in [0.4, 0.5) is 0 Å². The molecule has 7 nitrogen and oxygen atoms in total. The first-order valence-electron chi connectivity index (χ1n) is 10.3. The third-order valence-electron chi connectivity index (χ3n) is 5.06. The van der Waals surface area contributed by atoms with Crippen LogP contribution in [0.5, 0.6) is 0 Å². The van der Waals surface area contributed by atoms with Gasteiger partial charge in [-0.2, -0.15) is 0 Å². The molecule has 0 aromatic rings. The van der Waals surface area contributed by atoms with Crippen molar-refractivity contribution in [1.82, 2.24) is 20.4 Å². The van der Waals surface area contributed by atoms with E-state index < -0.39 is 5.60 Å². The summed E-state index contributed by atoms with van der Waals surface area (Å²) in [7, 11) is 0. The number of nitrogens with zero attached hydrogens (tertiary/aromatic N) is 3. The average Bonchev–Trinajstić information content (AvgIpc) is 3.06. The topological polar surface area (TPSA) is 72.4 Å². The third-order valence-corrected chi connectivity index (χ3v) is 5.06. The van der Waals surface area contributed by atoms with E-state index in [0.717, 1.165) is 45.4 Å². The van der Waals surface area contributed by atoms with Crippen LogP contribution in [0, 0.1) is 5.92 Å². The molecule has 160 valence electrons. The molecule has 3 N–H and O–H groups in total. The zero-order valence-corrected chi connectivity index (χ0v) is 19.7. The molecule has 8 heteroatoms. The van der Waals surface area contributed by atoms with Crippen molar-refractivity contribution in [2.45, 2.75) is 39.2 Å². The fraction of sp³-hybridized carbons (Fsp3) is 0.947. The van der Waals surface area contributed by atoms with Crippen LogP contribution < -0.4 is 10.6 Å². The van der Waals surface area contributed by atoms with Gasteiger partial charge in [-0.15, -0.1) is 24.0 Å². The smallest absolute Gasteiger partial charge is 0.191 e. The maximum atomic E-state index is 10.7. The maximum Gasteiger partial charge on any atom is 0.191 e. The highest BCUT2D eigenvalue weighted by Gasteiger charge is 2.26. The molecule has 2 fully saturated rings. The van der Waals surface area contributed by atoms with Crippen LogP contribution in [0.2, 0.25) is 0 Å². The Kier molecular flexibility index (Phi) is 12.1. The lowest BCUT2D eigenvalue weighted by Gasteiger charge is -2.33. The Morgan fingerprint density at radius 1 is 1.19 bits per heavy atom. The molecule has 0 saturated carbocycles.